The van der Waals surface area contributed by atoms with E-state index in [1.807, 2.05) is 0 Å². The number of nitrogens with two attached hydrogens (primary N) is 1. The molecule has 158 valence electrons. The zero-order valence-corrected chi connectivity index (χ0v) is 16.5. The number of aromatic nitrogens is 3. The van der Waals surface area contributed by atoms with E-state index in [4.69, 9.17) is 24.7 Å². The Morgan fingerprint density at radius 1 is 1.45 bits per heavy atom. The zero-order chi connectivity index (χ0) is 21.2. The molecule has 1 saturated carbocycles. The molecule has 5 atom stereocenters. The number of carbonyl (C=O) groups excluding carboxylic acids is 1. The highest BCUT2D eigenvalue weighted by Crippen LogP contribution is 2.59. The van der Waals surface area contributed by atoms with Crippen LogP contribution >= 0.6 is 0 Å². The summed E-state index contributed by atoms with van der Waals surface area (Å²) in [5.74, 6) is 0.272. The molecule has 2 aromatic rings. The molecule has 0 aromatic carbocycles. The second kappa shape index (κ2) is 6.26. The van der Waals surface area contributed by atoms with Crippen molar-refractivity contribution >= 4 is 17.5 Å². The monoisotopic (exact) mass is 408 g/mol. The van der Waals surface area contributed by atoms with Gasteiger partial charge in [0.2, 0.25) is 0 Å². The van der Waals surface area contributed by atoms with Crippen LogP contribution in [0.5, 0.6) is 0 Å². The van der Waals surface area contributed by atoms with Crippen molar-refractivity contribution in [2.45, 2.75) is 55.9 Å². The summed E-state index contributed by atoms with van der Waals surface area (Å²) in [6.45, 7) is 5.08. The van der Waals surface area contributed by atoms with Crippen LogP contribution in [0.3, 0.4) is 0 Å². The molecule has 2 fully saturated rings. The van der Waals surface area contributed by atoms with E-state index in [0.717, 1.165) is 0 Å². The van der Waals surface area contributed by atoms with E-state index in [9.17, 15) is 15.0 Å². The third kappa shape index (κ3) is 2.84. The van der Waals surface area contributed by atoms with Gasteiger partial charge in [-0.15, -0.1) is 0 Å². The van der Waals surface area contributed by atoms with Crippen LogP contribution in [0, 0.1) is 0 Å². The molecule has 3 heterocycles. The number of methoxy groups -OCH3 is 1. The average Bonchev–Trinajstić information content (AvgIpc) is 2.99. The number of aliphatic hydroxyl groups is 2. The van der Waals surface area contributed by atoms with Gasteiger partial charge < -0.3 is 34.9 Å². The summed E-state index contributed by atoms with van der Waals surface area (Å²) in [5, 5.41) is 25.9. The summed E-state index contributed by atoms with van der Waals surface area (Å²) in [6, 6.07) is 3.39. The first-order chi connectivity index (χ1) is 13.5. The Bertz CT molecular complexity index is 963. The van der Waals surface area contributed by atoms with Crippen molar-refractivity contribution in [3.63, 3.8) is 0 Å². The van der Waals surface area contributed by atoms with Crippen LogP contribution in [0.15, 0.2) is 18.5 Å². The molecule has 2 aliphatic rings. The molecule has 11 nitrogen and oxygen atoms in total. The fourth-order valence-electron chi connectivity index (χ4n) is 3.68. The van der Waals surface area contributed by atoms with Crippen molar-refractivity contribution in [2.24, 2.45) is 0 Å². The molecule has 1 aliphatic heterocycles. The van der Waals surface area contributed by atoms with Crippen molar-refractivity contribution in [3.8, 4) is 0 Å². The van der Waals surface area contributed by atoms with Gasteiger partial charge in [0.15, 0.2) is 17.5 Å². The van der Waals surface area contributed by atoms with E-state index in [-0.39, 0.29) is 12.4 Å². The smallest absolute Gasteiger partial charge is 0.431 e. The van der Waals surface area contributed by atoms with Gasteiger partial charge in [-0.1, -0.05) is 0 Å². The minimum atomic E-state index is -1.76. The summed E-state index contributed by atoms with van der Waals surface area (Å²) in [4.78, 5) is 15.9. The second-order valence-corrected chi connectivity index (χ2v) is 8.14. The van der Waals surface area contributed by atoms with Crippen LogP contribution in [0.2, 0.25) is 0 Å². The minimum absolute atomic E-state index is 0.0312. The van der Waals surface area contributed by atoms with Crippen molar-refractivity contribution < 1.29 is 34.0 Å². The van der Waals surface area contributed by atoms with E-state index < -0.39 is 41.3 Å². The minimum Gasteiger partial charge on any atom is -0.431 e. The molecule has 29 heavy (non-hydrogen) atoms. The highest BCUT2D eigenvalue weighted by Gasteiger charge is 2.82. The van der Waals surface area contributed by atoms with Gasteiger partial charge in [0.05, 0.1) is 11.3 Å². The maximum absolute atomic E-state index is 12.0. The van der Waals surface area contributed by atoms with E-state index in [1.165, 1.54) is 18.0 Å². The Hall–Kier alpha value is -2.47. The van der Waals surface area contributed by atoms with Gasteiger partial charge in [-0.2, -0.15) is 5.10 Å². The molecule has 1 unspecified atom stereocenters. The number of anilines is 1. The Morgan fingerprint density at radius 3 is 2.79 bits per heavy atom. The lowest BCUT2D eigenvalue weighted by Gasteiger charge is -2.32. The molecular formula is C18H24N4O7. The summed E-state index contributed by atoms with van der Waals surface area (Å²) in [7, 11) is 1.50. The van der Waals surface area contributed by atoms with Crippen LogP contribution in [0.1, 0.15) is 26.5 Å². The fourth-order valence-corrected chi connectivity index (χ4v) is 3.68. The van der Waals surface area contributed by atoms with Gasteiger partial charge in [-0.3, -0.25) is 0 Å². The quantitative estimate of drug-likeness (QED) is 0.576. The van der Waals surface area contributed by atoms with Crippen LogP contribution < -0.4 is 5.73 Å². The molecule has 11 heteroatoms. The van der Waals surface area contributed by atoms with Crippen LogP contribution in [0.4, 0.5) is 10.6 Å². The molecule has 1 aliphatic carbocycles. The second-order valence-electron chi connectivity index (χ2n) is 8.14. The molecule has 0 amide bonds. The number of rotatable bonds is 5. The van der Waals surface area contributed by atoms with Crippen LogP contribution in [0.25, 0.3) is 5.52 Å². The third-order valence-corrected chi connectivity index (χ3v) is 5.71. The normalized spacial score (nSPS) is 33.5. The number of nitrogens with zero attached hydrogens (tertiary/aromatic N) is 3. The maximum atomic E-state index is 12.0. The molecular weight excluding hydrogens is 384 g/mol. The predicted octanol–water partition coefficient (Wildman–Crippen LogP) is -0.0221. The first-order valence-corrected chi connectivity index (χ1v) is 9.10. The molecule has 0 bridgehead atoms. The van der Waals surface area contributed by atoms with Crippen LogP contribution in [-0.4, -0.2) is 74.2 Å². The summed E-state index contributed by atoms with van der Waals surface area (Å²) < 4.78 is 22.8. The van der Waals surface area contributed by atoms with E-state index in [2.05, 4.69) is 10.1 Å². The van der Waals surface area contributed by atoms with Gasteiger partial charge >= 0.3 is 6.16 Å². The van der Waals surface area contributed by atoms with Gasteiger partial charge in [-0.25, -0.2) is 14.3 Å². The first kappa shape index (κ1) is 19.8. The highest BCUT2D eigenvalue weighted by molar-refractivity contribution is 5.66. The Morgan fingerprint density at radius 2 is 2.17 bits per heavy atom. The van der Waals surface area contributed by atoms with Gasteiger partial charge in [-0.05, 0) is 32.9 Å². The lowest BCUT2D eigenvalue weighted by atomic mass is 9.91. The molecule has 0 radical (unpaired) electrons. The van der Waals surface area contributed by atoms with Gasteiger partial charge in [0.25, 0.3) is 0 Å². The summed E-state index contributed by atoms with van der Waals surface area (Å²) in [6.07, 6.45) is -3.03. The lowest BCUT2D eigenvalue weighted by molar-refractivity contribution is -0.134. The molecule has 2 aromatic heterocycles. The topological polar surface area (TPSA) is 151 Å². The van der Waals surface area contributed by atoms with Gasteiger partial charge in [0.1, 0.15) is 36.3 Å². The largest absolute Gasteiger partial charge is 0.508 e. The van der Waals surface area contributed by atoms with Gasteiger partial charge in [0, 0.05) is 7.11 Å². The van der Waals surface area contributed by atoms with E-state index >= 15 is 0 Å². The standard InChI is InChI=1S/C18H24N4O7/c1-16(2,26-4)7-27-15(24)28-11-12-18(11,25)14(23)17(3,29-12)10-6-5-9-13(19)20-8-21-22(9)10/h5-6,8,11-12,14,23,25H,7H2,1-4H3,(H2,19,20,21)/t11?,12-,14+,17+,18-/m1/s1. The average molecular weight is 408 g/mol. The molecule has 0 spiro atoms. The van der Waals surface area contributed by atoms with Crippen molar-refractivity contribution in [3.05, 3.63) is 24.2 Å². The molecule has 1 saturated heterocycles. The molecule has 4 rings (SSSR count). The maximum Gasteiger partial charge on any atom is 0.508 e. The predicted molar refractivity (Wildman–Crippen MR) is 97.9 cm³/mol. The van der Waals surface area contributed by atoms with E-state index in [1.54, 1.807) is 32.9 Å². The number of aliphatic hydroxyl groups excluding tert-OH is 1. The zero-order valence-electron chi connectivity index (χ0n) is 16.5. The SMILES string of the molecule is COC(C)(C)COC(=O)OC1[C@H]2O[C@@](C)(c3ccc4c(N)ncnn34)[C@H](O)[C@@]12O. The van der Waals surface area contributed by atoms with E-state index in [0.29, 0.717) is 11.2 Å². The summed E-state index contributed by atoms with van der Waals surface area (Å²) in [5.41, 5.74) is 3.15. The van der Waals surface area contributed by atoms with Crippen LogP contribution in [-0.2, 0) is 24.5 Å². The Kier molecular flexibility index (Phi) is 4.28. The van der Waals surface area contributed by atoms with Crippen molar-refractivity contribution in [1.29, 1.82) is 0 Å². The number of nitrogen functional groups attached to an aromatic ring is 1. The van der Waals surface area contributed by atoms with Crippen molar-refractivity contribution in [1.82, 2.24) is 14.6 Å². The lowest BCUT2D eigenvalue weighted by Crippen LogP contribution is -2.46. The first-order valence-electron chi connectivity index (χ1n) is 9.10. The molecule has 4 N–H and O–H groups in total. The Balaban J connectivity index is 1.49. The number of ether oxygens (including phenoxy) is 4. The number of fused-ring (bicyclic) bond motifs is 2. The fraction of sp³-hybridized carbons (Fsp3) is 0.611. The number of hydrogen-bond acceptors (Lipinski definition) is 10. The number of carbonyl (C=O) groups is 1. The van der Waals surface area contributed by atoms with Crippen molar-refractivity contribution in [2.75, 3.05) is 19.5 Å². The third-order valence-electron chi connectivity index (χ3n) is 5.71. The Labute approximate surface area is 166 Å². The number of hydrogen-bond donors (Lipinski definition) is 3. The highest BCUT2D eigenvalue weighted by atomic mass is 16.8. The summed E-state index contributed by atoms with van der Waals surface area (Å²) >= 11 is 0.